The van der Waals surface area contributed by atoms with Crippen LogP contribution in [0, 0.1) is 11.3 Å². The third-order valence-electron chi connectivity index (χ3n) is 3.75. The molecular formula is C10H14N2O4. The summed E-state index contributed by atoms with van der Waals surface area (Å²) in [7, 11) is 0. The van der Waals surface area contributed by atoms with Crippen LogP contribution in [0.4, 0.5) is 4.79 Å². The number of nitrogens with one attached hydrogen (secondary N) is 2. The molecule has 1 saturated heterocycles. The van der Waals surface area contributed by atoms with E-state index in [9.17, 15) is 14.4 Å². The van der Waals surface area contributed by atoms with Crippen molar-refractivity contribution in [2.24, 2.45) is 11.3 Å². The van der Waals surface area contributed by atoms with E-state index in [1.165, 1.54) is 0 Å². The molecule has 1 aliphatic carbocycles. The Labute approximate surface area is 92.4 Å². The van der Waals surface area contributed by atoms with Crippen LogP contribution in [-0.2, 0) is 9.59 Å². The van der Waals surface area contributed by atoms with Gasteiger partial charge in [0.25, 0.3) is 5.91 Å². The van der Waals surface area contributed by atoms with Crippen molar-refractivity contribution >= 4 is 17.9 Å². The lowest BCUT2D eigenvalue weighted by Gasteiger charge is -2.25. The quantitative estimate of drug-likeness (QED) is 0.552. The molecule has 2 fully saturated rings. The van der Waals surface area contributed by atoms with E-state index in [-0.39, 0.29) is 12.3 Å². The average molecular weight is 226 g/mol. The second-order valence-electron chi connectivity index (χ2n) is 5.03. The number of hydrogen-bond donors (Lipinski definition) is 3. The van der Waals surface area contributed by atoms with Crippen molar-refractivity contribution in [3.05, 3.63) is 0 Å². The molecule has 2 rings (SSSR count). The predicted molar refractivity (Wildman–Crippen MR) is 53.5 cm³/mol. The highest BCUT2D eigenvalue weighted by Gasteiger charge is 2.61. The minimum atomic E-state index is -1.04. The Hall–Kier alpha value is -1.59. The number of aliphatic carboxylic acids is 1. The molecule has 2 aliphatic rings. The SMILES string of the molecule is C[C@@H]1C[C@@](C)(C(=O)O)C[C@@]12NC(=O)NC2=O. The van der Waals surface area contributed by atoms with Crippen LogP contribution in [0.1, 0.15) is 26.7 Å². The van der Waals surface area contributed by atoms with Gasteiger partial charge < -0.3 is 10.4 Å². The zero-order valence-corrected chi connectivity index (χ0v) is 9.16. The first-order valence-corrected chi connectivity index (χ1v) is 5.17. The molecule has 6 nitrogen and oxygen atoms in total. The Morgan fingerprint density at radius 2 is 2.12 bits per heavy atom. The number of imide groups is 1. The smallest absolute Gasteiger partial charge is 0.322 e. The summed E-state index contributed by atoms with van der Waals surface area (Å²) in [4.78, 5) is 34.0. The number of amides is 3. The molecule has 1 heterocycles. The van der Waals surface area contributed by atoms with Gasteiger partial charge >= 0.3 is 12.0 Å². The van der Waals surface area contributed by atoms with Crippen LogP contribution in [0.15, 0.2) is 0 Å². The summed E-state index contributed by atoms with van der Waals surface area (Å²) in [6.45, 7) is 3.40. The number of rotatable bonds is 1. The number of carboxylic acid groups (broad SMARTS) is 1. The first-order valence-electron chi connectivity index (χ1n) is 5.17. The summed E-state index contributed by atoms with van der Waals surface area (Å²) in [5, 5.41) is 13.9. The van der Waals surface area contributed by atoms with Crippen molar-refractivity contribution in [2.75, 3.05) is 0 Å². The van der Waals surface area contributed by atoms with Crippen molar-refractivity contribution < 1.29 is 19.5 Å². The Morgan fingerprint density at radius 3 is 2.50 bits per heavy atom. The summed E-state index contributed by atoms with van der Waals surface area (Å²) in [6, 6.07) is -0.536. The third-order valence-corrected chi connectivity index (χ3v) is 3.75. The van der Waals surface area contributed by atoms with Gasteiger partial charge in [-0.3, -0.25) is 14.9 Å². The predicted octanol–water partition coefficient (Wildman–Crippen LogP) is 0.0854. The molecule has 6 heteroatoms. The van der Waals surface area contributed by atoms with E-state index in [2.05, 4.69) is 10.6 Å². The topological polar surface area (TPSA) is 95.5 Å². The molecule has 3 N–H and O–H groups in total. The van der Waals surface area contributed by atoms with Crippen LogP contribution in [0.25, 0.3) is 0 Å². The van der Waals surface area contributed by atoms with Crippen LogP contribution in [-0.4, -0.2) is 28.6 Å². The number of carbonyl (C=O) groups is 3. The Morgan fingerprint density at radius 1 is 1.50 bits per heavy atom. The number of carbonyl (C=O) groups excluding carboxylic acids is 2. The van der Waals surface area contributed by atoms with Gasteiger partial charge in [0, 0.05) is 0 Å². The van der Waals surface area contributed by atoms with Gasteiger partial charge in [-0.2, -0.15) is 0 Å². The summed E-state index contributed by atoms with van der Waals surface area (Å²) in [5.74, 6) is -1.51. The third kappa shape index (κ3) is 1.22. The van der Waals surface area contributed by atoms with Gasteiger partial charge in [-0.25, -0.2) is 4.79 Å². The molecule has 1 saturated carbocycles. The van der Waals surface area contributed by atoms with E-state index >= 15 is 0 Å². The molecule has 0 aromatic heterocycles. The van der Waals surface area contributed by atoms with Crippen LogP contribution in [0.2, 0.25) is 0 Å². The highest BCUT2D eigenvalue weighted by molar-refractivity contribution is 6.07. The van der Waals surface area contributed by atoms with E-state index in [0.29, 0.717) is 6.42 Å². The molecule has 0 aromatic carbocycles. The standard InChI is InChI=1S/C10H14N2O4/c1-5-3-9(2,7(14)15)4-10(5)6(13)11-8(16)12-10/h5H,3-4H2,1-2H3,(H,14,15)(H2,11,12,13,16)/t5-,9-,10-/m1/s1. The second-order valence-corrected chi connectivity index (χ2v) is 5.03. The van der Waals surface area contributed by atoms with E-state index in [1.807, 2.05) is 0 Å². The van der Waals surface area contributed by atoms with Gasteiger partial charge in [-0.15, -0.1) is 0 Å². The maximum absolute atomic E-state index is 11.7. The largest absolute Gasteiger partial charge is 0.481 e. The van der Waals surface area contributed by atoms with Crippen molar-refractivity contribution in [1.82, 2.24) is 10.6 Å². The van der Waals surface area contributed by atoms with Crippen molar-refractivity contribution in [3.8, 4) is 0 Å². The first kappa shape index (κ1) is 10.9. The molecule has 0 unspecified atom stereocenters. The van der Waals surface area contributed by atoms with Crippen molar-refractivity contribution in [2.45, 2.75) is 32.2 Å². The first-order chi connectivity index (χ1) is 7.30. The fourth-order valence-electron chi connectivity index (χ4n) is 2.85. The van der Waals surface area contributed by atoms with Crippen LogP contribution in [0.3, 0.4) is 0 Å². The van der Waals surface area contributed by atoms with Gasteiger partial charge in [-0.05, 0) is 25.7 Å². The highest BCUT2D eigenvalue weighted by Crippen LogP contribution is 2.49. The molecule has 0 aromatic rings. The molecule has 1 spiro atoms. The zero-order valence-electron chi connectivity index (χ0n) is 9.16. The number of carboxylic acids is 1. The Balaban J connectivity index is 2.35. The van der Waals surface area contributed by atoms with Gasteiger partial charge in [0.1, 0.15) is 5.54 Å². The maximum Gasteiger partial charge on any atom is 0.322 e. The normalized spacial score (nSPS) is 42.2. The highest BCUT2D eigenvalue weighted by atomic mass is 16.4. The van der Waals surface area contributed by atoms with E-state index < -0.39 is 28.9 Å². The van der Waals surface area contributed by atoms with Gasteiger partial charge in [-0.1, -0.05) is 6.92 Å². The van der Waals surface area contributed by atoms with E-state index in [0.717, 1.165) is 0 Å². The van der Waals surface area contributed by atoms with Crippen LogP contribution >= 0.6 is 0 Å². The van der Waals surface area contributed by atoms with Crippen molar-refractivity contribution in [1.29, 1.82) is 0 Å². The molecule has 88 valence electrons. The lowest BCUT2D eigenvalue weighted by Crippen LogP contribution is -2.49. The zero-order chi connectivity index (χ0) is 12.1. The van der Waals surface area contributed by atoms with Gasteiger partial charge in [0.15, 0.2) is 0 Å². The van der Waals surface area contributed by atoms with Crippen LogP contribution in [0.5, 0.6) is 0 Å². The fourth-order valence-corrected chi connectivity index (χ4v) is 2.85. The lowest BCUT2D eigenvalue weighted by atomic mass is 9.85. The minimum Gasteiger partial charge on any atom is -0.481 e. The maximum atomic E-state index is 11.7. The monoisotopic (exact) mass is 226 g/mol. The average Bonchev–Trinajstić information content (AvgIpc) is 2.54. The number of urea groups is 1. The summed E-state index contributed by atoms with van der Waals surface area (Å²) in [5.41, 5.74) is -1.99. The van der Waals surface area contributed by atoms with Crippen molar-refractivity contribution in [3.63, 3.8) is 0 Å². The molecular weight excluding hydrogens is 212 g/mol. The molecule has 1 aliphatic heterocycles. The Bertz CT molecular complexity index is 394. The number of hydrogen-bond acceptors (Lipinski definition) is 3. The fraction of sp³-hybridized carbons (Fsp3) is 0.700. The molecule has 0 radical (unpaired) electrons. The van der Waals surface area contributed by atoms with Gasteiger partial charge in [0.05, 0.1) is 5.41 Å². The molecule has 0 bridgehead atoms. The lowest BCUT2D eigenvalue weighted by molar-refractivity contribution is -0.147. The molecule has 3 amide bonds. The molecule has 3 atom stereocenters. The van der Waals surface area contributed by atoms with E-state index in [1.54, 1.807) is 13.8 Å². The summed E-state index contributed by atoms with van der Waals surface area (Å²) in [6.07, 6.45) is 0.532. The molecule has 16 heavy (non-hydrogen) atoms. The van der Waals surface area contributed by atoms with Gasteiger partial charge in [0.2, 0.25) is 0 Å². The Kier molecular flexibility index (Phi) is 2.02. The summed E-state index contributed by atoms with van der Waals surface area (Å²) >= 11 is 0. The van der Waals surface area contributed by atoms with E-state index in [4.69, 9.17) is 5.11 Å². The summed E-state index contributed by atoms with van der Waals surface area (Å²) < 4.78 is 0. The van der Waals surface area contributed by atoms with Crippen LogP contribution < -0.4 is 10.6 Å². The minimum absolute atomic E-state index is 0.147. The second kappa shape index (κ2) is 2.96.